The molecule has 9 heteroatoms. The van der Waals surface area contributed by atoms with Gasteiger partial charge in [0.1, 0.15) is 0 Å². The predicted molar refractivity (Wildman–Crippen MR) is 150 cm³/mol. The SMILES string of the molecule is CCCCN(Cc1cccn1Cc1ccc(Br)cc1)C(=O)CN(CCCOC)S(=O)(=O)c1ccccc1. The molecule has 0 spiro atoms. The molecule has 1 heterocycles. The highest BCUT2D eigenvalue weighted by atomic mass is 79.9. The van der Waals surface area contributed by atoms with Gasteiger partial charge in [0.2, 0.25) is 15.9 Å². The number of aromatic nitrogens is 1. The van der Waals surface area contributed by atoms with E-state index < -0.39 is 10.0 Å². The highest BCUT2D eigenvalue weighted by Crippen LogP contribution is 2.18. The zero-order valence-corrected chi connectivity index (χ0v) is 24.0. The highest BCUT2D eigenvalue weighted by Gasteiger charge is 2.28. The number of hydrogen-bond donors (Lipinski definition) is 0. The molecule has 0 fully saturated rings. The first kappa shape index (κ1) is 29.1. The van der Waals surface area contributed by atoms with Crippen LogP contribution in [-0.4, -0.2) is 61.4 Å². The van der Waals surface area contributed by atoms with Crippen molar-refractivity contribution in [2.24, 2.45) is 0 Å². The summed E-state index contributed by atoms with van der Waals surface area (Å²) in [6, 6.07) is 20.4. The average molecular weight is 591 g/mol. The van der Waals surface area contributed by atoms with Gasteiger partial charge in [-0.2, -0.15) is 4.31 Å². The van der Waals surface area contributed by atoms with Crippen LogP contribution >= 0.6 is 15.9 Å². The highest BCUT2D eigenvalue weighted by molar-refractivity contribution is 9.10. The molecule has 3 aromatic rings. The van der Waals surface area contributed by atoms with E-state index in [-0.39, 0.29) is 23.9 Å². The third-order valence-corrected chi connectivity index (χ3v) is 8.51. The lowest BCUT2D eigenvalue weighted by Crippen LogP contribution is -2.43. The third kappa shape index (κ3) is 8.53. The van der Waals surface area contributed by atoms with Crippen molar-refractivity contribution in [2.45, 2.75) is 44.2 Å². The van der Waals surface area contributed by atoms with Gasteiger partial charge in [-0.25, -0.2) is 8.42 Å². The predicted octanol–water partition coefficient (Wildman–Crippen LogP) is 5.16. The number of halogens is 1. The Morgan fingerprint density at radius 2 is 1.70 bits per heavy atom. The molecule has 0 N–H and O–H groups in total. The van der Waals surface area contributed by atoms with Gasteiger partial charge in [0.15, 0.2) is 0 Å². The fraction of sp³-hybridized carbons (Fsp3) is 0.393. The van der Waals surface area contributed by atoms with E-state index in [0.29, 0.717) is 32.7 Å². The molecule has 3 rings (SSSR count). The molecule has 7 nitrogen and oxygen atoms in total. The Hall–Kier alpha value is -2.46. The van der Waals surface area contributed by atoms with Crippen molar-refractivity contribution in [3.63, 3.8) is 0 Å². The van der Waals surface area contributed by atoms with Gasteiger partial charge in [0, 0.05) is 49.7 Å². The fourth-order valence-electron chi connectivity index (χ4n) is 4.03. The van der Waals surface area contributed by atoms with E-state index in [4.69, 9.17) is 4.74 Å². The van der Waals surface area contributed by atoms with Gasteiger partial charge in [0.25, 0.3) is 0 Å². The summed E-state index contributed by atoms with van der Waals surface area (Å²) in [5.74, 6) is -0.207. The normalized spacial score (nSPS) is 11.7. The lowest BCUT2D eigenvalue weighted by Gasteiger charge is -2.28. The van der Waals surface area contributed by atoms with Gasteiger partial charge in [-0.3, -0.25) is 4.79 Å². The van der Waals surface area contributed by atoms with E-state index in [1.165, 1.54) is 4.31 Å². The van der Waals surface area contributed by atoms with Crippen molar-refractivity contribution < 1.29 is 17.9 Å². The van der Waals surface area contributed by atoms with Gasteiger partial charge < -0.3 is 14.2 Å². The zero-order chi connectivity index (χ0) is 26.7. The van der Waals surface area contributed by atoms with Crippen LogP contribution in [0.25, 0.3) is 0 Å². The van der Waals surface area contributed by atoms with Crippen LogP contribution in [-0.2, 0) is 32.6 Å². The molecular weight excluding hydrogens is 554 g/mol. The first-order chi connectivity index (χ1) is 17.8. The number of unbranched alkanes of at least 4 members (excludes halogenated alkanes) is 1. The van der Waals surface area contributed by atoms with Crippen LogP contribution in [0.1, 0.15) is 37.4 Å². The first-order valence-electron chi connectivity index (χ1n) is 12.6. The van der Waals surface area contributed by atoms with Crippen molar-refractivity contribution >= 4 is 31.9 Å². The number of sulfonamides is 1. The van der Waals surface area contributed by atoms with Crippen LogP contribution in [0.5, 0.6) is 0 Å². The summed E-state index contributed by atoms with van der Waals surface area (Å²) in [7, 11) is -2.24. The van der Waals surface area contributed by atoms with Gasteiger partial charge >= 0.3 is 0 Å². The summed E-state index contributed by atoms with van der Waals surface area (Å²) in [6.07, 6.45) is 4.29. The molecule has 0 radical (unpaired) electrons. The summed E-state index contributed by atoms with van der Waals surface area (Å²) in [5.41, 5.74) is 2.16. The Morgan fingerprint density at radius 1 is 0.973 bits per heavy atom. The molecule has 0 aliphatic carbocycles. The van der Waals surface area contributed by atoms with Crippen LogP contribution in [0.3, 0.4) is 0 Å². The Kier molecular flexibility index (Phi) is 11.4. The first-order valence-corrected chi connectivity index (χ1v) is 14.8. The molecule has 0 saturated heterocycles. The maximum Gasteiger partial charge on any atom is 0.243 e. The van der Waals surface area contributed by atoms with Crippen LogP contribution in [0.4, 0.5) is 0 Å². The van der Waals surface area contributed by atoms with Gasteiger partial charge in [-0.15, -0.1) is 0 Å². The van der Waals surface area contributed by atoms with Gasteiger partial charge in [-0.1, -0.05) is 59.6 Å². The number of benzene rings is 2. The minimum atomic E-state index is -3.82. The number of carbonyl (C=O) groups is 1. The summed E-state index contributed by atoms with van der Waals surface area (Å²) >= 11 is 3.47. The number of nitrogens with zero attached hydrogens (tertiary/aromatic N) is 3. The van der Waals surface area contributed by atoms with Crippen LogP contribution < -0.4 is 0 Å². The largest absolute Gasteiger partial charge is 0.385 e. The number of rotatable bonds is 15. The second-order valence-corrected chi connectivity index (χ2v) is 11.8. The average Bonchev–Trinajstić information content (AvgIpc) is 3.34. The third-order valence-electron chi connectivity index (χ3n) is 6.13. The second-order valence-electron chi connectivity index (χ2n) is 8.92. The number of methoxy groups -OCH3 is 1. The van der Waals surface area contributed by atoms with Crippen LogP contribution in [0.15, 0.2) is 82.3 Å². The van der Waals surface area contributed by atoms with Crippen LogP contribution in [0.2, 0.25) is 0 Å². The molecule has 0 bridgehead atoms. The van der Waals surface area contributed by atoms with E-state index in [9.17, 15) is 13.2 Å². The zero-order valence-electron chi connectivity index (χ0n) is 21.6. The molecule has 2 aromatic carbocycles. The molecule has 0 saturated carbocycles. The topological polar surface area (TPSA) is 71.9 Å². The van der Waals surface area contributed by atoms with Crippen molar-refractivity contribution in [3.05, 3.63) is 88.7 Å². The van der Waals surface area contributed by atoms with Crippen molar-refractivity contribution in [2.75, 3.05) is 33.4 Å². The molecule has 37 heavy (non-hydrogen) atoms. The number of ether oxygens (including phenoxy) is 1. The smallest absolute Gasteiger partial charge is 0.243 e. The summed E-state index contributed by atoms with van der Waals surface area (Å²) < 4.78 is 36.4. The molecule has 0 aliphatic heterocycles. The standard InChI is InChI=1S/C28H36BrN3O4S/c1-3-4-17-31(22-26-10-8-18-30(26)21-24-13-15-25(29)16-14-24)28(33)23-32(19-9-20-36-2)37(34,35)27-11-6-5-7-12-27/h5-8,10-16,18H,3-4,9,17,19-23H2,1-2H3. The second kappa shape index (κ2) is 14.5. The Morgan fingerprint density at radius 3 is 2.38 bits per heavy atom. The summed E-state index contributed by atoms with van der Waals surface area (Å²) in [4.78, 5) is 15.5. The van der Waals surface area contributed by atoms with E-state index in [2.05, 4.69) is 39.6 Å². The maximum atomic E-state index is 13.6. The lowest BCUT2D eigenvalue weighted by atomic mass is 10.2. The van der Waals surface area contributed by atoms with Gasteiger partial charge in [-0.05, 0) is 54.8 Å². The Balaban J connectivity index is 1.79. The van der Waals surface area contributed by atoms with Crippen molar-refractivity contribution in [1.82, 2.24) is 13.8 Å². The molecule has 0 atom stereocenters. The monoisotopic (exact) mass is 589 g/mol. The summed E-state index contributed by atoms with van der Waals surface area (Å²) in [5, 5.41) is 0. The van der Waals surface area contributed by atoms with E-state index >= 15 is 0 Å². The minimum Gasteiger partial charge on any atom is -0.385 e. The number of amides is 1. The van der Waals surface area contributed by atoms with Crippen molar-refractivity contribution in [1.29, 1.82) is 0 Å². The molecule has 0 unspecified atom stereocenters. The van der Waals surface area contributed by atoms with Crippen LogP contribution in [0, 0.1) is 0 Å². The van der Waals surface area contributed by atoms with Gasteiger partial charge in [0.05, 0.1) is 18.0 Å². The number of carbonyl (C=O) groups excluding carboxylic acids is 1. The molecular formula is C28H36BrN3O4S. The Bertz CT molecular complexity index is 1210. The van der Waals surface area contributed by atoms with Crippen molar-refractivity contribution in [3.8, 4) is 0 Å². The molecule has 0 aliphatic rings. The number of hydrogen-bond acceptors (Lipinski definition) is 4. The fourth-order valence-corrected chi connectivity index (χ4v) is 5.75. The quantitative estimate of drug-likeness (QED) is 0.230. The van der Waals surface area contributed by atoms with E-state index in [0.717, 1.165) is 28.6 Å². The lowest BCUT2D eigenvalue weighted by molar-refractivity contribution is -0.132. The summed E-state index contributed by atoms with van der Waals surface area (Å²) in [6.45, 7) is 4.16. The molecule has 1 aromatic heterocycles. The Labute approximate surface area is 229 Å². The molecule has 1 amide bonds. The van der Waals surface area contributed by atoms with E-state index in [1.807, 2.05) is 30.5 Å². The van der Waals surface area contributed by atoms with E-state index in [1.54, 1.807) is 42.3 Å². The maximum absolute atomic E-state index is 13.6. The molecule has 200 valence electrons. The minimum absolute atomic E-state index is 0.184.